The molecule has 1 amide bonds. The lowest BCUT2D eigenvalue weighted by molar-refractivity contribution is -0.0137. The molecule has 2 rings (SSSR count). The zero-order valence-electron chi connectivity index (χ0n) is 21.0. The van der Waals surface area contributed by atoms with E-state index in [0.29, 0.717) is 24.5 Å². The Morgan fingerprint density at radius 2 is 1.91 bits per heavy atom. The number of fused-ring (bicyclic) bond motifs is 1. The van der Waals surface area contributed by atoms with Crippen molar-refractivity contribution < 1.29 is 19.4 Å². The summed E-state index contributed by atoms with van der Waals surface area (Å²) in [6, 6.07) is 5.46. The normalized spacial score (nSPS) is 24.5. The predicted octanol–water partition coefficient (Wildman–Crippen LogP) is 3.11. The maximum atomic E-state index is 13.8. The third-order valence-corrected chi connectivity index (χ3v) is 6.10. The molecular formula is C25H43N3O4. The van der Waals surface area contributed by atoms with Crippen LogP contribution >= 0.6 is 0 Å². The van der Waals surface area contributed by atoms with Crippen LogP contribution in [0.15, 0.2) is 18.2 Å². The van der Waals surface area contributed by atoms with Crippen LogP contribution in [0.25, 0.3) is 0 Å². The van der Waals surface area contributed by atoms with E-state index in [-0.39, 0.29) is 36.7 Å². The molecule has 0 radical (unpaired) electrons. The molecule has 182 valence electrons. The van der Waals surface area contributed by atoms with E-state index in [1.54, 1.807) is 4.90 Å². The fourth-order valence-corrected chi connectivity index (χ4v) is 4.01. The molecule has 0 saturated carbocycles. The molecule has 1 aliphatic rings. The van der Waals surface area contributed by atoms with Crippen LogP contribution < -0.4 is 9.64 Å². The van der Waals surface area contributed by atoms with Crippen LogP contribution in [0.4, 0.5) is 5.69 Å². The minimum atomic E-state index is -0.314. The number of nitrogens with zero attached hydrogens (tertiary/aromatic N) is 3. The second-order valence-electron chi connectivity index (χ2n) is 9.64. The SMILES string of the molecule is C[C@H](CO)N1C[C@H](C)[C@H](CN(C)C)OCCCC[C@H](C)Oc2ccc(N(C)C)cc2C1=O. The van der Waals surface area contributed by atoms with E-state index in [4.69, 9.17) is 9.47 Å². The minimum absolute atomic E-state index is 0.00472. The van der Waals surface area contributed by atoms with Gasteiger partial charge in [0.25, 0.3) is 5.91 Å². The van der Waals surface area contributed by atoms with Crippen molar-refractivity contribution in [2.45, 2.75) is 58.3 Å². The van der Waals surface area contributed by atoms with E-state index < -0.39 is 0 Å². The van der Waals surface area contributed by atoms with Crippen LogP contribution in [-0.4, -0.2) is 93.6 Å². The predicted molar refractivity (Wildman–Crippen MR) is 130 cm³/mol. The molecule has 1 aliphatic heterocycles. The average molecular weight is 450 g/mol. The molecule has 1 heterocycles. The summed E-state index contributed by atoms with van der Waals surface area (Å²) in [7, 11) is 7.99. The van der Waals surface area contributed by atoms with Crippen molar-refractivity contribution in [2.24, 2.45) is 5.92 Å². The molecule has 7 heteroatoms. The zero-order chi connectivity index (χ0) is 23.8. The summed E-state index contributed by atoms with van der Waals surface area (Å²) in [6.45, 7) is 7.94. The molecule has 0 spiro atoms. The number of hydrogen-bond acceptors (Lipinski definition) is 6. The molecule has 0 aromatic heterocycles. The van der Waals surface area contributed by atoms with Crippen molar-refractivity contribution in [1.29, 1.82) is 0 Å². The van der Waals surface area contributed by atoms with E-state index in [2.05, 4.69) is 11.8 Å². The van der Waals surface area contributed by atoms with Crippen molar-refractivity contribution in [3.8, 4) is 5.75 Å². The number of carbonyl (C=O) groups is 1. The van der Waals surface area contributed by atoms with Crippen LogP contribution in [0.3, 0.4) is 0 Å². The van der Waals surface area contributed by atoms with E-state index in [1.165, 1.54) is 0 Å². The van der Waals surface area contributed by atoms with Gasteiger partial charge in [0.2, 0.25) is 0 Å². The third-order valence-electron chi connectivity index (χ3n) is 6.10. The molecule has 0 fully saturated rings. The summed E-state index contributed by atoms with van der Waals surface area (Å²) in [4.78, 5) is 19.7. The Bertz CT molecular complexity index is 725. The van der Waals surface area contributed by atoms with Crippen LogP contribution in [0, 0.1) is 5.92 Å². The van der Waals surface area contributed by atoms with Gasteiger partial charge in [0.05, 0.1) is 30.4 Å². The number of benzene rings is 1. The Morgan fingerprint density at radius 1 is 1.19 bits per heavy atom. The topological polar surface area (TPSA) is 65.5 Å². The summed E-state index contributed by atoms with van der Waals surface area (Å²) in [6.07, 6.45) is 2.89. The summed E-state index contributed by atoms with van der Waals surface area (Å²) in [5.74, 6) is 0.595. The standard InChI is InChI=1S/C25H43N3O4/c1-18-15-28(19(2)17-29)25(30)22-14-21(27(6)7)11-12-23(22)32-20(3)10-8-9-13-31-24(18)16-26(4)5/h11-12,14,18-20,24,29H,8-10,13,15-17H2,1-7H3/t18-,19+,20-,24-/m0/s1. The van der Waals surface area contributed by atoms with Gasteiger partial charge in [0.15, 0.2) is 0 Å². The zero-order valence-corrected chi connectivity index (χ0v) is 21.0. The number of aliphatic hydroxyl groups excluding tert-OH is 1. The van der Waals surface area contributed by atoms with Crippen LogP contribution in [0.1, 0.15) is 50.4 Å². The first-order chi connectivity index (χ1) is 15.1. The maximum Gasteiger partial charge on any atom is 0.258 e. The molecule has 1 N–H and O–H groups in total. The van der Waals surface area contributed by atoms with E-state index >= 15 is 0 Å². The molecule has 7 nitrogen and oxygen atoms in total. The van der Waals surface area contributed by atoms with Gasteiger partial charge in [-0.1, -0.05) is 6.92 Å². The smallest absolute Gasteiger partial charge is 0.258 e. The Morgan fingerprint density at radius 3 is 2.53 bits per heavy atom. The summed E-state index contributed by atoms with van der Waals surface area (Å²) < 4.78 is 12.5. The lowest BCUT2D eigenvalue weighted by Gasteiger charge is -2.35. The average Bonchev–Trinajstić information content (AvgIpc) is 2.74. The molecule has 0 unspecified atom stereocenters. The molecule has 1 aromatic rings. The number of likely N-dealkylation sites (N-methyl/N-ethyl adjacent to an activating group) is 1. The molecular weight excluding hydrogens is 406 g/mol. The van der Waals surface area contributed by atoms with Gasteiger partial charge in [-0.15, -0.1) is 0 Å². The fraction of sp³-hybridized carbons (Fsp3) is 0.720. The Hall–Kier alpha value is -1.83. The van der Waals surface area contributed by atoms with Gasteiger partial charge < -0.3 is 29.3 Å². The van der Waals surface area contributed by atoms with Gasteiger partial charge >= 0.3 is 0 Å². The third kappa shape index (κ3) is 7.36. The summed E-state index contributed by atoms with van der Waals surface area (Å²) >= 11 is 0. The molecule has 1 aromatic carbocycles. The Kier molecular flexibility index (Phi) is 10.3. The first-order valence-electron chi connectivity index (χ1n) is 11.8. The van der Waals surface area contributed by atoms with Crippen LogP contribution in [0.2, 0.25) is 0 Å². The molecule has 32 heavy (non-hydrogen) atoms. The van der Waals surface area contributed by atoms with Gasteiger partial charge in [-0.3, -0.25) is 4.79 Å². The molecule has 4 atom stereocenters. The van der Waals surface area contributed by atoms with E-state index in [9.17, 15) is 9.90 Å². The van der Waals surface area contributed by atoms with Crippen LogP contribution in [-0.2, 0) is 4.74 Å². The van der Waals surface area contributed by atoms with E-state index in [1.807, 2.05) is 65.1 Å². The van der Waals surface area contributed by atoms with Crippen molar-refractivity contribution in [1.82, 2.24) is 9.80 Å². The molecule has 0 bridgehead atoms. The molecule has 0 aliphatic carbocycles. The molecule has 0 saturated heterocycles. The number of anilines is 1. The van der Waals surface area contributed by atoms with Gasteiger partial charge in [-0.2, -0.15) is 0 Å². The van der Waals surface area contributed by atoms with Gasteiger partial charge in [0.1, 0.15) is 5.75 Å². The highest BCUT2D eigenvalue weighted by molar-refractivity contribution is 5.98. The lowest BCUT2D eigenvalue weighted by Crippen LogP contribution is -2.47. The maximum absolute atomic E-state index is 13.8. The van der Waals surface area contributed by atoms with Crippen molar-refractivity contribution in [2.75, 3.05) is 59.4 Å². The highest BCUT2D eigenvalue weighted by Crippen LogP contribution is 2.29. The first kappa shape index (κ1) is 26.4. The second kappa shape index (κ2) is 12.4. The highest BCUT2D eigenvalue weighted by atomic mass is 16.5. The van der Waals surface area contributed by atoms with E-state index in [0.717, 1.165) is 31.5 Å². The van der Waals surface area contributed by atoms with Crippen LogP contribution in [0.5, 0.6) is 5.75 Å². The van der Waals surface area contributed by atoms with Gasteiger partial charge in [-0.25, -0.2) is 0 Å². The number of rotatable bonds is 5. The monoisotopic (exact) mass is 449 g/mol. The van der Waals surface area contributed by atoms with Crippen molar-refractivity contribution in [3.05, 3.63) is 23.8 Å². The number of ether oxygens (including phenoxy) is 2. The minimum Gasteiger partial charge on any atom is -0.490 e. The quantitative estimate of drug-likeness (QED) is 0.745. The first-order valence-corrected chi connectivity index (χ1v) is 11.8. The highest BCUT2D eigenvalue weighted by Gasteiger charge is 2.30. The number of aliphatic hydroxyl groups is 1. The van der Waals surface area contributed by atoms with Gasteiger partial charge in [0, 0.05) is 45.4 Å². The fourth-order valence-electron chi connectivity index (χ4n) is 4.01. The Balaban J connectivity index is 2.48. The van der Waals surface area contributed by atoms with Gasteiger partial charge in [-0.05, 0) is 65.4 Å². The number of amides is 1. The number of carbonyl (C=O) groups excluding carboxylic acids is 1. The largest absolute Gasteiger partial charge is 0.490 e. The summed E-state index contributed by atoms with van der Waals surface area (Å²) in [5, 5.41) is 9.93. The van der Waals surface area contributed by atoms with Crippen molar-refractivity contribution in [3.63, 3.8) is 0 Å². The summed E-state index contributed by atoms with van der Waals surface area (Å²) in [5.41, 5.74) is 1.48. The van der Waals surface area contributed by atoms with Crippen molar-refractivity contribution >= 4 is 11.6 Å². The second-order valence-corrected chi connectivity index (χ2v) is 9.64. The Labute approximate surface area is 194 Å². The lowest BCUT2D eigenvalue weighted by atomic mass is 10.0. The number of hydrogen-bond donors (Lipinski definition) is 1.